The molecule has 4 bridgehead atoms. The number of rotatable bonds is 2. The number of hydrogen-bond donors (Lipinski definition) is 2. The lowest BCUT2D eigenvalue weighted by Gasteiger charge is -2.63. The van der Waals surface area contributed by atoms with Gasteiger partial charge in [-0.1, -0.05) is 0 Å². The molecule has 0 spiro atoms. The average Bonchev–Trinajstić information content (AvgIpc) is 2.45. The molecule has 5 fully saturated rings. The molecule has 23 heavy (non-hydrogen) atoms. The van der Waals surface area contributed by atoms with Crippen LogP contribution in [0.2, 0.25) is 0 Å². The molecule has 5 rings (SSSR count). The normalized spacial score (nSPS) is 42.7. The van der Waals surface area contributed by atoms with Crippen LogP contribution in [0.25, 0.3) is 0 Å². The van der Waals surface area contributed by atoms with E-state index in [1.54, 1.807) is 6.92 Å². The lowest BCUT2D eigenvalue weighted by molar-refractivity contribution is -0.133. The minimum atomic E-state index is -0.349. The highest BCUT2D eigenvalue weighted by Crippen LogP contribution is 2.61. The minimum absolute atomic E-state index is 0.0519. The predicted octanol–water partition coefficient (Wildman–Crippen LogP) is 2.11. The van der Waals surface area contributed by atoms with Crippen molar-refractivity contribution in [3.05, 3.63) is 0 Å². The van der Waals surface area contributed by atoms with Crippen LogP contribution in [0.4, 0.5) is 4.79 Å². The maximum absolute atomic E-state index is 11.7. The Morgan fingerprint density at radius 1 is 1.04 bits per heavy atom. The molecule has 1 heterocycles. The molecule has 4 saturated carbocycles. The van der Waals surface area contributed by atoms with Crippen molar-refractivity contribution in [1.82, 2.24) is 10.2 Å². The number of amides is 3. The van der Waals surface area contributed by atoms with Crippen LogP contribution in [0.1, 0.15) is 51.9 Å². The van der Waals surface area contributed by atoms with Crippen LogP contribution >= 0.6 is 0 Å². The van der Waals surface area contributed by atoms with Gasteiger partial charge in [0.15, 0.2) is 0 Å². The van der Waals surface area contributed by atoms with Crippen LogP contribution in [0.15, 0.2) is 0 Å². The van der Waals surface area contributed by atoms with Crippen LogP contribution in [-0.2, 0) is 4.79 Å². The fourth-order valence-electron chi connectivity index (χ4n) is 6.92. The highest BCUT2D eigenvalue weighted by atomic mass is 16.2. The summed E-state index contributed by atoms with van der Waals surface area (Å²) in [5, 5.41) is 3.23. The number of urea groups is 1. The molecule has 3 N–H and O–H groups in total. The van der Waals surface area contributed by atoms with Gasteiger partial charge in [-0.05, 0) is 74.5 Å². The van der Waals surface area contributed by atoms with E-state index < -0.39 is 0 Å². The minimum Gasteiger partial charge on any atom is -0.352 e. The summed E-state index contributed by atoms with van der Waals surface area (Å²) < 4.78 is 0. The smallest absolute Gasteiger partial charge is 0.312 e. The zero-order chi connectivity index (χ0) is 16.2. The second-order valence-corrected chi connectivity index (χ2v) is 8.62. The van der Waals surface area contributed by atoms with Gasteiger partial charge >= 0.3 is 6.03 Å². The van der Waals surface area contributed by atoms with Gasteiger partial charge in [0.2, 0.25) is 5.91 Å². The first-order valence-corrected chi connectivity index (χ1v) is 9.30. The Morgan fingerprint density at radius 3 is 2.17 bits per heavy atom. The maximum Gasteiger partial charge on any atom is 0.312 e. The van der Waals surface area contributed by atoms with Crippen molar-refractivity contribution in [1.29, 1.82) is 0 Å². The second kappa shape index (κ2) is 5.38. The number of piperidine rings is 1. The number of hydrogen-bond acceptors (Lipinski definition) is 2. The van der Waals surface area contributed by atoms with E-state index in [1.165, 1.54) is 19.3 Å². The molecule has 128 valence electrons. The fraction of sp³-hybridized carbons (Fsp3) is 0.889. The van der Waals surface area contributed by atoms with Crippen LogP contribution in [0.3, 0.4) is 0 Å². The lowest BCUT2D eigenvalue weighted by Crippen LogP contribution is -2.68. The number of nitrogens with one attached hydrogen (secondary N) is 1. The number of likely N-dealkylation sites (tertiary alicyclic amines) is 1. The van der Waals surface area contributed by atoms with Gasteiger partial charge in [-0.2, -0.15) is 0 Å². The number of nitrogens with two attached hydrogens (primary N) is 1. The molecule has 0 aromatic rings. The van der Waals surface area contributed by atoms with E-state index in [1.807, 2.05) is 4.90 Å². The van der Waals surface area contributed by atoms with Crippen LogP contribution in [0, 0.1) is 29.6 Å². The van der Waals surface area contributed by atoms with Crippen molar-refractivity contribution in [2.24, 2.45) is 35.3 Å². The third-order valence-electron chi connectivity index (χ3n) is 7.26. The van der Waals surface area contributed by atoms with E-state index >= 15 is 0 Å². The highest BCUT2D eigenvalue weighted by Gasteiger charge is 2.59. The zero-order valence-corrected chi connectivity index (χ0v) is 14.1. The molecule has 4 aliphatic carbocycles. The number of carbonyl (C=O) groups is 2. The Morgan fingerprint density at radius 2 is 1.65 bits per heavy atom. The van der Waals surface area contributed by atoms with Gasteiger partial charge < -0.3 is 16.0 Å². The molecular weight excluding hydrogens is 290 g/mol. The lowest BCUT2D eigenvalue weighted by atomic mass is 9.45. The Hall–Kier alpha value is -1.26. The van der Waals surface area contributed by atoms with Gasteiger partial charge in [-0.3, -0.25) is 4.79 Å². The summed E-state index contributed by atoms with van der Waals surface area (Å²) in [5.41, 5.74) is 5.51. The quantitative estimate of drug-likeness (QED) is 0.818. The number of nitrogens with zero attached hydrogens (tertiary/aromatic N) is 1. The SMILES string of the molecule is CC(=O)N1CCC(C2C3CC4CC(C3)CC2(NC(N)=O)C4)CC1. The van der Waals surface area contributed by atoms with Gasteiger partial charge in [-0.15, -0.1) is 0 Å². The van der Waals surface area contributed by atoms with Crippen LogP contribution in [-0.4, -0.2) is 35.5 Å². The summed E-state index contributed by atoms with van der Waals surface area (Å²) in [7, 11) is 0. The third kappa shape index (κ3) is 2.52. The Bertz CT molecular complexity index is 498. The summed E-state index contributed by atoms with van der Waals surface area (Å²) >= 11 is 0. The second-order valence-electron chi connectivity index (χ2n) is 8.62. The third-order valence-corrected chi connectivity index (χ3v) is 7.26. The molecule has 5 heteroatoms. The van der Waals surface area contributed by atoms with Crippen molar-refractivity contribution >= 4 is 11.9 Å². The van der Waals surface area contributed by atoms with Gasteiger partial charge in [-0.25, -0.2) is 4.79 Å². The van der Waals surface area contributed by atoms with E-state index in [-0.39, 0.29) is 17.5 Å². The van der Waals surface area contributed by atoms with E-state index in [4.69, 9.17) is 5.73 Å². The Balaban J connectivity index is 1.56. The van der Waals surface area contributed by atoms with Gasteiger partial charge in [0, 0.05) is 25.6 Å². The predicted molar refractivity (Wildman–Crippen MR) is 87.5 cm³/mol. The Kier molecular flexibility index (Phi) is 3.58. The molecule has 5 aliphatic rings. The van der Waals surface area contributed by atoms with Crippen molar-refractivity contribution in [2.45, 2.75) is 57.4 Å². The van der Waals surface area contributed by atoms with Crippen molar-refractivity contribution in [2.75, 3.05) is 13.1 Å². The number of carbonyl (C=O) groups excluding carboxylic acids is 2. The highest BCUT2D eigenvalue weighted by molar-refractivity contribution is 5.73. The molecule has 5 nitrogen and oxygen atoms in total. The fourth-order valence-corrected chi connectivity index (χ4v) is 6.92. The Labute approximate surface area is 138 Å². The number of primary amides is 1. The molecule has 3 amide bonds. The largest absolute Gasteiger partial charge is 0.352 e. The summed E-state index contributed by atoms with van der Waals surface area (Å²) in [6.45, 7) is 3.42. The van der Waals surface area contributed by atoms with E-state index in [2.05, 4.69) is 5.32 Å². The summed E-state index contributed by atoms with van der Waals surface area (Å²) in [5.74, 6) is 3.71. The summed E-state index contributed by atoms with van der Waals surface area (Å²) in [6, 6.07) is -0.349. The monoisotopic (exact) mass is 319 g/mol. The van der Waals surface area contributed by atoms with Crippen molar-refractivity contribution < 1.29 is 9.59 Å². The van der Waals surface area contributed by atoms with Crippen molar-refractivity contribution in [3.63, 3.8) is 0 Å². The van der Waals surface area contributed by atoms with E-state index in [0.717, 1.165) is 56.5 Å². The van der Waals surface area contributed by atoms with Gasteiger partial charge in [0.25, 0.3) is 0 Å². The molecule has 0 aromatic carbocycles. The average molecular weight is 319 g/mol. The first kappa shape index (κ1) is 15.3. The summed E-state index contributed by atoms with van der Waals surface area (Å²) in [6.07, 6.45) is 8.46. The van der Waals surface area contributed by atoms with E-state index in [9.17, 15) is 9.59 Å². The standard InChI is InChI=1S/C18H29N3O2/c1-11(22)21-4-2-14(3-5-21)16-15-7-12-6-13(8-15)10-18(16,9-12)20-17(19)23/h12-16H,2-10H2,1H3,(H3,19,20,23). The van der Waals surface area contributed by atoms with Gasteiger partial charge in [0.05, 0.1) is 0 Å². The molecule has 0 aromatic heterocycles. The first-order valence-electron chi connectivity index (χ1n) is 9.30. The molecule has 0 radical (unpaired) electrons. The van der Waals surface area contributed by atoms with E-state index in [0.29, 0.717) is 11.8 Å². The van der Waals surface area contributed by atoms with Gasteiger partial charge in [0.1, 0.15) is 0 Å². The molecule has 1 aliphatic heterocycles. The molecule has 3 unspecified atom stereocenters. The van der Waals surface area contributed by atoms with Crippen molar-refractivity contribution in [3.8, 4) is 0 Å². The van der Waals surface area contributed by atoms with Crippen LogP contribution < -0.4 is 11.1 Å². The first-order chi connectivity index (χ1) is 11.0. The molecule has 1 saturated heterocycles. The zero-order valence-electron chi connectivity index (χ0n) is 14.1. The van der Waals surface area contributed by atoms with Crippen LogP contribution in [0.5, 0.6) is 0 Å². The molecular formula is C18H29N3O2. The molecule has 3 atom stereocenters. The topological polar surface area (TPSA) is 75.4 Å². The maximum atomic E-state index is 11.7. The summed E-state index contributed by atoms with van der Waals surface area (Å²) in [4.78, 5) is 25.3.